The van der Waals surface area contributed by atoms with Gasteiger partial charge >= 0.3 is 5.97 Å². The summed E-state index contributed by atoms with van der Waals surface area (Å²) in [5.74, 6) is 0.0321. The lowest BCUT2D eigenvalue weighted by Gasteiger charge is -2.02. The van der Waals surface area contributed by atoms with Crippen LogP contribution in [0.4, 0.5) is 0 Å². The summed E-state index contributed by atoms with van der Waals surface area (Å²) in [6.07, 6.45) is 13.3. The smallest absolute Gasteiger partial charge is 0.371 e. The highest BCUT2D eigenvalue weighted by atomic mass is 32.2. The largest absolute Gasteiger partial charge is 0.475 e. The minimum Gasteiger partial charge on any atom is -0.475 e. The molecule has 120 valence electrons. The molecule has 1 rings (SSSR count). The number of aromatic carboxylic acids is 1. The topological polar surface area (TPSA) is 50.4 Å². The number of carboxylic acids is 1. The number of thioether (sulfide) groups is 1. The zero-order valence-corrected chi connectivity index (χ0v) is 13.9. The molecule has 3 nitrogen and oxygen atoms in total. The van der Waals surface area contributed by atoms with E-state index in [1.807, 2.05) is 0 Å². The lowest BCUT2D eigenvalue weighted by Crippen LogP contribution is -1.91. The average Bonchev–Trinajstić information content (AvgIpc) is 2.94. The quantitative estimate of drug-likeness (QED) is 0.359. The maximum absolute atomic E-state index is 10.7. The van der Waals surface area contributed by atoms with E-state index in [2.05, 4.69) is 6.92 Å². The van der Waals surface area contributed by atoms with Crippen molar-refractivity contribution in [1.82, 2.24) is 0 Å². The summed E-state index contributed by atoms with van der Waals surface area (Å²) < 4.78 is 5.20. The molecule has 4 heteroatoms. The molecule has 0 atom stereocenters. The first-order valence-corrected chi connectivity index (χ1v) is 9.18. The average molecular weight is 312 g/mol. The van der Waals surface area contributed by atoms with Gasteiger partial charge in [-0.3, -0.25) is 0 Å². The van der Waals surface area contributed by atoms with Gasteiger partial charge in [-0.05, 0) is 18.6 Å². The Labute approximate surface area is 132 Å². The molecule has 1 N–H and O–H groups in total. The van der Waals surface area contributed by atoms with Gasteiger partial charge in [0.05, 0.1) is 0 Å². The van der Waals surface area contributed by atoms with Gasteiger partial charge in [0.2, 0.25) is 5.76 Å². The second-order valence-electron chi connectivity index (χ2n) is 5.45. The van der Waals surface area contributed by atoms with Gasteiger partial charge in [-0.15, -0.1) is 0 Å². The van der Waals surface area contributed by atoms with Gasteiger partial charge in [-0.1, -0.05) is 76.5 Å². The second-order valence-corrected chi connectivity index (χ2v) is 6.55. The maximum atomic E-state index is 10.7. The number of hydrogen-bond donors (Lipinski definition) is 1. The molecule has 0 amide bonds. The number of furan rings is 1. The van der Waals surface area contributed by atoms with Crippen LogP contribution in [0, 0.1) is 0 Å². The Morgan fingerprint density at radius 1 is 1.00 bits per heavy atom. The van der Waals surface area contributed by atoms with Gasteiger partial charge < -0.3 is 9.52 Å². The van der Waals surface area contributed by atoms with Crippen LogP contribution in [-0.2, 0) is 0 Å². The first kappa shape index (κ1) is 18.1. The Balaban J connectivity index is 1.89. The number of unbranched alkanes of at least 4 members (excludes halogenated alkanes) is 9. The van der Waals surface area contributed by atoms with Gasteiger partial charge in [-0.2, -0.15) is 0 Å². The number of rotatable bonds is 13. The van der Waals surface area contributed by atoms with Crippen molar-refractivity contribution in [2.24, 2.45) is 0 Å². The molecule has 0 aliphatic carbocycles. The fraction of sp³-hybridized carbons (Fsp3) is 0.706. The summed E-state index contributed by atoms with van der Waals surface area (Å²) >= 11 is 1.61. The highest BCUT2D eigenvalue weighted by Crippen LogP contribution is 2.22. The van der Waals surface area contributed by atoms with E-state index in [9.17, 15) is 4.79 Å². The molecule has 0 fully saturated rings. The van der Waals surface area contributed by atoms with E-state index in [-0.39, 0.29) is 5.76 Å². The SMILES string of the molecule is CCCCCCCCCCCCSc1ccc(C(=O)O)o1. The van der Waals surface area contributed by atoms with Gasteiger partial charge in [0.25, 0.3) is 0 Å². The van der Waals surface area contributed by atoms with Crippen molar-refractivity contribution < 1.29 is 14.3 Å². The molecule has 0 unspecified atom stereocenters. The van der Waals surface area contributed by atoms with Gasteiger partial charge in [0.1, 0.15) is 0 Å². The fourth-order valence-electron chi connectivity index (χ4n) is 2.27. The maximum Gasteiger partial charge on any atom is 0.371 e. The molecule has 1 aromatic rings. The predicted molar refractivity (Wildman–Crippen MR) is 88.2 cm³/mol. The molecule has 0 saturated carbocycles. The van der Waals surface area contributed by atoms with Crippen LogP contribution in [-0.4, -0.2) is 16.8 Å². The molecular weight excluding hydrogens is 284 g/mol. The summed E-state index contributed by atoms with van der Waals surface area (Å²) in [6.45, 7) is 2.25. The minimum atomic E-state index is -0.999. The standard InChI is InChI=1S/C17H28O3S/c1-2-3-4-5-6-7-8-9-10-11-14-21-16-13-12-15(20-16)17(18)19/h12-13H,2-11,14H2,1H3,(H,18,19). The van der Waals surface area contributed by atoms with Gasteiger partial charge in [0, 0.05) is 5.75 Å². The Hall–Kier alpha value is -0.900. The van der Waals surface area contributed by atoms with Crippen molar-refractivity contribution in [3.8, 4) is 0 Å². The number of carboxylic acid groups (broad SMARTS) is 1. The molecule has 0 radical (unpaired) electrons. The van der Waals surface area contributed by atoms with Crippen molar-refractivity contribution in [2.75, 3.05) is 5.75 Å². The van der Waals surface area contributed by atoms with Crippen LogP contribution < -0.4 is 0 Å². The molecule has 0 spiro atoms. The van der Waals surface area contributed by atoms with E-state index in [0.717, 1.165) is 5.75 Å². The summed E-state index contributed by atoms with van der Waals surface area (Å²) in [7, 11) is 0. The van der Waals surface area contributed by atoms with Crippen LogP contribution >= 0.6 is 11.8 Å². The highest BCUT2D eigenvalue weighted by molar-refractivity contribution is 7.99. The number of hydrogen-bond acceptors (Lipinski definition) is 3. The molecule has 0 saturated heterocycles. The molecule has 0 aliphatic rings. The van der Waals surface area contributed by atoms with E-state index in [1.165, 1.54) is 70.3 Å². The molecule has 0 bridgehead atoms. The van der Waals surface area contributed by atoms with E-state index in [4.69, 9.17) is 9.52 Å². The van der Waals surface area contributed by atoms with E-state index < -0.39 is 5.97 Å². The van der Waals surface area contributed by atoms with Crippen molar-refractivity contribution in [3.63, 3.8) is 0 Å². The Kier molecular flexibility index (Phi) is 10.1. The van der Waals surface area contributed by atoms with Gasteiger partial charge in [-0.25, -0.2) is 4.79 Å². The number of carbonyl (C=O) groups is 1. The summed E-state index contributed by atoms with van der Waals surface area (Å²) in [4.78, 5) is 10.7. The summed E-state index contributed by atoms with van der Waals surface area (Å²) in [5.41, 5.74) is 0. The lowest BCUT2D eigenvalue weighted by atomic mass is 10.1. The molecular formula is C17H28O3S. The molecule has 21 heavy (non-hydrogen) atoms. The molecule has 0 aliphatic heterocycles. The predicted octanol–water partition coefficient (Wildman–Crippen LogP) is 5.99. The van der Waals surface area contributed by atoms with E-state index >= 15 is 0 Å². The molecule has 0 aromatic carbocycles. The normalized spacial score (nSPS) is 10.9. The monoisotopic (exact) mass is 312 g/mol. The fourth-order valence-corrected chi connectivity index (χ4v) is 3.14. The summed E-state index contributed by atoms with van der Waals surface area (Å²) in [5, 5.41) is 9.47. The van der Waals surface area contributed by atoms with Crippen molar-refractivity contribution in [3.05, 3.63) is 17.9 Å². The van der Waals surface area contributed by atoms with Crippen molar-refractivity contribution >= 4 is 17.7 Å². The first-order valence-electron chi connectivity index (χ1n) is 8.20. The summed E-state index contributed by atoms with van der Waals surface area (Å²) in [6, 6.07) is 3.26. The van der Waals surface area contributed by atoms with Gasteiger partial charge in [0.15, 0.2) is 5.09 Å². The zero-order chi connectivity index (χ0) is 15.3. The van der Waals surface area contributed by atoms with Crippen LogP contribution in [0.15, 0.2) is 21.6 Å². The third-order valence-electron chi connectivity index (χ3n) is 3.53. The second kappa shape index (κ2) is 11.7. The van der Waals surface area contributed by atoms with Crippen LogP contribution in [0.25, 0.3) is 0 Å². The minimum absolute atomic E-state index is 0.0283. The van der Waals surface area contributed by atoms with Crippen LogP contribution in [0.2, 0.25) is 0 Å². The molecule has 1 aromatic heterocycles. The third kappa shape index (κ3) is 8.86. The Morgan fingerprint density at radius 2 is 1.57 bits per heavy atom. The van der Waals surface area contributed by atoms with Crippen molar-refractivity contribution in [2.45, 2.75) is 76.2 Å². The Bertz CT molecular complexity index is 387. The van der Waals surface area contributed by atoms with Crippen LogP contribution in [0.1, 0.15) is 81.7 Å². The van der Waals surface area contributed by atoms with E-state index in [1.54, 1.807) is 17.8 Å². The lowest BCUT2D eigenvalue weighted by molar-refractivity contribution is 0.0656. The zero-order valence-electron chi connectivity index (χ0n) is 13.1. The first-order chi connectivity index (χ1) is 10.2. The molecule has 1 heterocycles. The van der Waals surface area contributed by atoms with Crippen molar-refractivity contribution in [1.29, 1.82) is 0 Å². The van der Waals surface area contributed by atoms with Crippen LogP contribution in [0.5, 0.6) is 0 Å². The van der Waals surface area contributed by atoms with Crippen LogP contribution in [0.3, 0.4) is 0 Å². The highest BCUT2D eigenvalue weighted by Gasteiger charge is 2.08. The van der Waals surface area contributed by atoms with E-state index in [0.29, 0.717) is 5.09 Å². The Morgan fingerprint density at radius 3 is 2.10 bits per heavy atom. The third-order valence-corrected chi connectivity index (χ3v) is 4.53.